The molecule has 3 aromatic rings. The number of hydrogen-bond donors (Lipinski definition) is 0. The number of aromatic nitrogens is 2. The van der Waals surface area contributed by atoms with Crippen LogP contribution in [0.5, 0.6) is 5.75 Å². The third-order valence-electron chi connectivity index (χ3n) is 5.23. The number of rotatable bonds is 5. The first kappa shape index (κ1) is 18.9. The maximum absolute atomic E-state index is 13.1. The summed E-state index contributed by atoms with van der Waals surface area (Å²) in [5, 5.41) is 13.5. The fourth-order valence-corrected chi connectivity index (χ4v) is 3.70. The molecule has 0 aliphatic carbocycles. The van der Waals surface area contributed by atoms with E-state index in [0.717, 1.165) is 16.0 Å². The maximum atomic E-state index is 13.1. The highest BCUT2D eigenvalue weighted by Gasteiger charge is 2.55. The molecule has 1 saturated heterocycles. The van der Waals surface area contributed by atoms with Gasteiger partial charge >= 0.3 is 0 Å². The highest BCUT2D eigenvalue weighted by molar-refractivity contribution is 6.25. The van der Waals surface area contributed by atoms with Crippen molar-refractivity contribution in [1.29, 1.82) is 0 Å². The lowest BCUT2D eigenvalue weighted by atomic mass is 10.1. The van der Waals surface area contributed by atoms with E-state index in [2.05, 4.69) is 20.5 Å². The van der Waals surface area contributed by atoms with E-state index in [4.69, 9.17) is 9.26 Å². The van der Waals surface area contributed by atoms with E-state index >= 15 is 0 Å². The highest BCUT2D eigenvalue weighted by atomic mass is 16.5. The lowest BCUT2D eigenvalue weighted by Crippen LogP contribution is -2.39. The van der Waals surface area contributed by atoms with Crippen LogP contribution >= 0.6 is 0 Å². The number of hydrogen-bond acceptors (Lipinski definition) is 9. The van der Waals surface area contributed by atoms with Crippen LogP contribution in [0, 0.1) is 6.92 Å². The molecule has 3 heterocycles. The number of imide groups is 1. The van der Waals surface area contributed by atoms with Crippen molar-refractivity contribution in [2.75, 3.05) is 12.0 Å². The number of carbonyl (C=O) groups excluding carboxylic acids is 2. The van der Waals surface area contributed by atoms with Crippen LogP contribution in [0.4, 0.5) is 5.69 Å². The van der Waals surface area contributed by atoms with Crippen molar-refractivity contribution < 1.29 is 18.8 Å². The van der Waals surface area contributed by atoms with E-state index in [0.29, 0.717) is 17.3 Å². The molecule has 2 aromatic carbocycles. The van der Waals surface area contributed by atoms with Crippen molar-refractivity contribution >= 4 is 17.5 Å². The summed E-state index contributed by atoms with van der Waals surface area (Å²) in [6.45, 7) is 2.05. The average molecular weight is 418 g/mol. The van der Waals surface area contributed by atoms with Crippen molar-refractivity contribution in [3.8, 4) is 17.1 Å². The molecule has 2 amide bonds. The Kier molecular flexibility index (Phi) is 4.46. The smallest absolute Gasteiger partial charge is 0.263 e. The highest BCUT2D eigenvalue weighted by Crippen LogP contribution is 2.33. The van der Waals surface area contributed by atoms with Gasteiger partial charge in [0.05, 0.1) is 12.8 Å². The van der Waals surface area contributed by atoms with Crippen LogP contribution in [0.25, 0.3) is 11.4 Å². The van der Waals surface area contributed by atoms with Gasteiger partial charge in [0.25, 0.3) is 11.8 Å². The fourth-order valence-electron chi connectivity index (χ4n) is 3.70. The molecule has 0 bridgehead atoms. The predicted molar refractivity (Wildman–Crippen MR) is 108 cm³/mol. The van der Waals surface area contributed by atoms with Crippen molar-refractivity contribution in [2.24, 2.45) is 10.3 Å². The van der Waals surface area contributed by atoms with Crippen LogP contribution in [0.15, 0.2) is 63.4 Å². The first-order valence-corrected chi connectivity index (χ1v) is 9.64. The van der Waals surface area contributed by atoms with Gasteiger partial charge in [0.1, 0.15) is 12.3 Å². The van der Waals surface area contributed by atoms with E-state index in [1.165, 1.54) is 5.01 Å². The van der Waals surface area contributed by atoms with Gasteiger partial charge in [-0.15, -0.1) is 0 Å². The van der Waals surface area contributed by atoms with Gasteiger partial charge in [0, 0.05) is 5.56 Å². The Balaban J connectivity index is 1.35. The number of carbonyl (C=O) groups is 2. The van der Waals surface area contributed by atoms with Crippen LogP contribution in [0.2, 0.25) is 0 Å². The Labute approximate surface area is 177 Å². The Hall–Kier alpha value is -4.08. The number of aryl methyl sites for hydroxylation is 1. The molecule has 1 fully saturated rings. The molecule has 10 nitrogen and oxygen atoms in total. The topological polar surface area (TPSA) is 113 Å². The Bertz CT molecular complexity index is 1190. The number of benzene rings is 2. The minimum absolute atomic E-state index is 0.0684. The first-order valence-electron chi connectivity index (χ1n) is 9.64. The number of methoxy groups -OCH3 is 1. The Morgan fingerprint density at radius 2 is 1.90 bits per heavy atom. The summed E-state index contributed by atoms with van der Waals surface area (Å²) in [4.78, 5) is 31.4. The molecule has 31 heavy (non-hydrogen) atoms. The molecule has 0 N–H and O–H groups in total. The largest absolute Gasteiger partial charge is 0.497 e. The summed E-state index contributed by atoms with van der Waals surface area (Å²) < 4.78 is 10.5. The van der Waals surface area contributed by atoms with Gasteiger partial charge in [-0.3, -0.25) is 14.6 Å². The number of nitrogens with zero attached hydrogens (tertiary/aromatic N) is 6. The molecule has 1 aromatic heterocycles. The Morgan fingerprint density at radius 3 is 2.65 bits per heavy atom. The molecule has 156 valence electrons. The maximum Gasteiger partial charge on any atom is 0.263 e. The van der Waals surface area contributed by atoms with E-state index in [9.17, 15) is 9.59 Å². The molecular formula is C21H18N6O4. The summed E-state index contributed by atoms with van der Waals surface area (Å²) in [5.41, 5.74) is 2.36. The molecule has 0 unspecified atom stereocenters. The van der Waals surface area contributed by atoms with Gasteiger partial charge in [0.2, 0.25) is 11.7 Å². The van der Waals surface area contributed by atoms with E-state index < -0.39 is 23.9 Å². The van der Waals surface area contributed by atoms with Crippen LogP contribution in [-0.4, -0.2) is 46.2 Å². The van der Waals surface area contributed by atoms with Gasteiger partial charge in [-0.25, -0.2) is 4.90 Å². The van der Waals surface area contributed by atoms with Gasteiger partial charge in [-0.05, 0) is 37.3 Å². The SMILES string of the molecule is COc1ccc(N2C(=O)[C@@H]3N=NN(Cc4nc(-c5cccc(C)c5)no4)[C@H]3C2=O)cc1. The molecule has 10 heteroatoms. The molecule has 0 spiro atoms. The minimum atomic E-state index is -0.895. The van der Waals surface area contributed by atoms with E-state index in [1.807, 2.05) is 31.2 Å². The molecule has 2 aliphatic heterocycles. The molecule has 2 atom stereocenters. The molecular weight excluding hydrogens is 400 g/mol. The van der Waals surface area contributed by atoms with Crippen LogP contribution in [0.1, 0.15) is 11.5 Å². The van der Waals surface area contributed by atoms with Crippen LogP contribution < -0.4 is 9.64 Å². The molecule has 0 radical (unpaired) electrons. The van der Waals surface area contributed by atoms with Crippen LogP contribution in [0.3, 0.4) is 0 Å². The van der Waals surface area contributed by atoms with Crippen LogP contribution in [-0.2, 0) is 16.1 Å². The van der Waals surface area contributed by atoms with E-state index in [-0.39, 0.29) is 12.4 Å². The third kappa shape index (κ3) is 3.21. The minimum Gasteiger partial charge on any atom is -0.497 e. The number of ether oxygens (including phenoxy) is 1. The molecule has 0 saturated carbocycles. The normalized spacial score (nSPS) is 19.9. The summed E-state index contributed by atoms with van der Waals surface area (Å²) in [6.07, 6.45) is 0. The second-order valence-electron chi connectivity index (χ2n) is 7.28. The number of amides is 2. The quantitative estimate of drug-likeness (QED) is 0.585. The summed E-state index contributed by atoms with van der Waals surface area (Å²) >= 11 is 0. The first-order chi connectivity index (χ1) is 15.0. The van der Waals surface area contributed by atoms with Crippen molar-refractivity contribution in [3.05, 3.63) is 60.0 Å². The monoisotopic (exact) mass is 418 g/mol. The standard InChI is InChI=1S/C21H18N6O4/c1-12-4-3-5-13(10-12)19-22-16(31-24-19)11-26-18-17(23-25-26)20(28)27(21(18)29)14-6-8-15(30-2)9-7-14/h3-10,17-18H,11H2,1-2H3/t17-,18-/m1/s1. The zero-order valence-corrected chi connectivity index (χ0v) is 16.8. The third-order valence-corrected chi connectivity index (χ3v) is 5.23. The van der Waals surface area contributed by atoms with Crippen molar-refractivity contribution in [1.82, 2.24) is 15.1 Å². The average Bonchev–Trinajstić information content (AvgIpc) is 3.47. The molecule has 5 rings (SSSR count). The number of fused-ring (bicyclic) bond motifs is 1. The molecule has 2 aliphatic rings. The lowest BCUT2D eigenvalue weighted by molar-refractivity contribution is -0.123. The van der Waals surface area contributed by atoms with Crippen molar-refractivity contribution in [3.63, 3.8) is 0 Å². The summed E-state index contributed by atoms with van der Waals surface area (Å²) in [6, 6.07) is 12.7. The second-order valence-corrected chi connectivity index (χ2v) is 7.28. The zero-order valence-electron chi connectivity index (χ0n) is 16.8. The van der Waals surface area contributed by atoms with Crippen molar-refractivity contribution in [2.45, 2.75) is 25.6 Å². The lowest BCUT2D eigenvalue weighted by Gasteiger charge is -2.19. The summed E-state index contributed by atoms with van der Waals surface area (Å²) in [5.74, 6) is 0.533. The zero-order chi connectivity index (χ0) is 21.5. The van der Waals surface area contributed by atoms with Gasteiger partial charge in [-0.2, -0.15) is 10.1 Å². The summed E-state index contributed by atoms with van der Waals surface area (Å²) in [7, 11) is 1.55. The number of anilines is 1. The van der Waals surface area contributed by atoms with Gasteiger partial charge in [0.15, 0.2) is 12.1 Å². The van der Waals surface area contributed by atoms with Gasteiger partial charge in [-0.1, -0.05) is 34.1 Å². The second kappa shape index (κ2) is 7.31. The Morgan fingerprint density at radius 1 is 1.10 bits per heavy atom. The predicted octanol–water partition coefficient (Wildman–Crippen LogP) is 2.55. The fraction of sp³-hybridized carbons (Fsp3) is 0.238. The van der Waals surface area contributed by atoms with E-state index in [1.54, 1.807) is 31.4 Å². The van der Waals surface area contributed by atoms with Gasteiger partial charge < -0.3 is 9.26 Å².